The molecule has 2 heterocycles. The number of β-amino-alcohol motifs (C(OH)–C–C–N with tert-alkyl or cyclic N) is 1. The maximum Gasteiger partial charge on any atom is 0.127 e. The summed E-state index contributed by atoms with van der Waals surface area (Å²) >= 11 is 0. The number of aromatic nitrogens is 2. The van der Waals surface area contributed by atoms with Crippen molar-refractivity contribution < 1.29 is 9.84 Å². The van der Waals surface area contributed by atoms with Crippen molar-refractivity contribution in [1.82, 2.24) is 14.7 Å². The number of rotatable bonds is 6. The maximum atomic E-state index is 10.2. The second-order valence-electron chi connectivity index (χ2n) is 6.30. The molecule has 1 unspecified atom stereocenters. The van der Waals surface area contributed by atoms with E-state index in [2.05, 4.69) is 22.1 Å². The second kappa shape index (κ2) is 6.63. The Bertz CT molecular complexity index is 792. The predicted octanol–water partition coefficient (Wildman–Crippen LogP) is 2.33. The molecule has 3 aromatic rings. The molecule has 5 nitrogen and oxygen atoms in total. The first-order valence-corrected chi connectivity index (χ1v) is 8.30. The Kier molecular flexibility index (Phi) is 4.19. The zero-order valence-corrected chi connectivity index (χ0v) is 13.5. The molecule has 0 aliphatic carbocycles. The van der Waals surface area contributed by atoms with Crippen LogP contribution in [0.15, 0.2) is 60.9 Å². The van der Waals surface area contributed by atoms with Crippen LogP contribution < -0.4 is 4.74 Å². The van der Waals surface area contributed by atoms with Gasteiger partial charge >= 0.3 is 0 Å². The average molecular weight is 323 g/mol. The molecular formula is C19H21N3O2. The Morgan fingerprint density at radius 2 is 1.96 bits per heavy atom. The molecule has 1 aliphatic rings. The number of fused-ring (bicyclic) bond motifs is 1. The van der Waals surface area contributed by atoms with E-state index in [1.54, 1.807) is 6.20 Å². The van der Waals surface area contributed by atoms with Gasteiger partial charge in [-0.2, -0.15) is 5.10 Å². The smallest absolute Gasteiger partial charge is 0.127 e. The fourth-order valence-electron chi connectivity index (χ4n) is 3.21. The highest BCUT2D eigenvalue weighted by molar-refractivity contribution is 5.88. The number of ether oxygens (including phenoxy) is 1. The zero-order valence-electron chi connectivity index (χ0n) is 13.5. The van der Waals surface area contributed by atoms with E-state index in [1.165, 1.54) is 0 Å². The SMILES string of the molecule is OC(COc1cccc2ccccc12)CN1CC(n2cccn2)C1. The minimum Gasteiger partial charge on any atom is -0.490 e. The number of benzene rings is 2. The summed E-state index contributed by atoms with van der Waals surface area (Å²) in [6.07, 6.45) is 3.29. The summed E-state index contributed by atoms with van der Waals surface area (Å²) in [7, 11) is 0. The van der Waals surface area contributed by atoms with Crippen molar-refractivity contribution in [1.29, 1.82) is 0 Å². The van der Waals surface area contributed by atoms with Crippen molar-refractivity contribution in [3.05, 3.63) is 60.9 Å². The van der Waals surface area contributed by atoms with E-state index in [-0.39, 0.29) is 0 Å². The lowest BCUT2D eigenvalue weighted by Crippen LogP contribution is -2.51. The largest absolute Gasteiger partial charge is 0.490 e. The third kappa shape index (κ3) is 3.13. The van der Waals surface area contributed by atoms with Crippen molar-refractivity contribution >= 4 is 10.8 Å². The molecule has 1 fully saturated rings. The van der Waals surface area contributed by atoms with Crippen LogP contribution in [0.25, 0.3) is 10.8 Å². The highest BCUT2D eigenvalue weighted by Gasteiger charge is 2.29. The Labute approximate surface area is 141 Å². The van der Waals surface area contributed by atoms with Gasteiger partial charge in [0.25, 0.3) is 0 Å². The molecule has 4 rings (SSSR count). The molecule has 2 aromatic carbocycles. The van der Waals surface area contributed by atoms with Gasteiger partial charge in [0.15, 0.2) is 0 Å². The molecule has 0 radical (unpaired) electrons. The molecule has 124 valence electrons. The van der Waals surface area contributed by atoms with Crippen LogP contribution in [0.3, 0.4) is 0 Å². The average Bonchev–Trinajstić information content (AvgIpc) is 3.09. The monoisotopic (exact) mass is 323 g/mol. The number of hydrogen-bond acceptors (Lipinski definition) is 4. The molecule has 0 saturated carbocycles. The van der Waals surface area contributed by atoms with Gasteiger partial charge in [-0.25, -0.2) is 0 Å². The molecule has 0 bridgehead atoms. The number of aliphatic hydroxyl groups excluding tert-OH is 1. The molecule has 1 aliphatic heterocycles. The van der Waals surface area contributed by atoms with Gasteiger partial charge in [-0.15, -0.1) is 0 Å². The highest BCUT2D eigenvalue weighted by Crippen LogP contribution is 2.25. The lowest BCUT2D eigenvalue weighted by molar-refractivity contribution is 0.0207. The van der Waals surface area contributed by atoms with Gasteiger partial charge in [0.1, 0.15) is 18.5 Å². The molecule has 1 atom stereocenters. The zero-order chi connectivity index (χ0) is 16.4. The van der Waals surface area contributed by atoms with Gasteiger partial charge in [0.05, 0.1) is 6.04 Å². The third-order valence-electron chi connectivity index (χ3n) is 4.49. The summed E-state index contributed by atoms with van der Waals surface area (Å²) in [4.78, 5) is 2.23. The van der Waals surface area contributed by atoms with Gasteiger partial charge in [-0.3, -0.25) is 9.58 Å². The van der Waals surface area contributed by atoms with Crippen molar-refractivity contribution in [2.45, 2.75) is 12.1 Å². The molecule has 1 N–H and O–H groups in total. The summed E-state index contributed by atoms with van der Waals surface area (Å²) < 4.78 is 7.84. The Morgan fingerprint density at radius 1 is 1.12 bits per heavy atom. The maximum absolute atomic E-state index is 10.2. The number of likely N-dealkylation sites (tertiary alicyclic amines) is 1. The van der Waals surface area contributed by atoms with E-state index in [0.29, 0.717) is 19.2 Å². The Balaban J connectivity index is 1.29. The molecule has 0 amide bonds. The number of hydrogen-bond donors (Lipinski definition) is 1. The molecule has 1 saturated heterocycles. The molecule has 1 aromatic heterocycles. The summed E-state index contributed by atoms with van der Waals surface area (Å²) in [6, 6.07) is 16.5. The molecule has 0 spiro atoms. The van der Waals surface area contributed by atoms with E-state index in [4.69, 9.17) is 4.74 Å². The van der Waals surface area contributed by atoms with Crippen LogP contribution >= 0.6 is 0 Å². The standard InChI is InChI=1S/C19H21N3O2/c23-17(13-21-11-16(12-21)22-10-4-9-20-22)14-24-19-8-3-6-15-5-1-2-7-18(15)19/h1-10,16-17,23H,11-14H2. The first kappa shape index (κ1) is 15.2. The lowest BCUT2D eigenvalue weighted by atomic mass is 10.1. The van der Waals surface area contributed by atoms with Crippen LogP contribution in [0.4, 0.5) is 0 Å². The van der Waals surface area contributed by atoms with Crippen LogP contribution in [-0.2, 0) is 0 Å². The first-order valence-electron chi connectivity index (χ1n) is 8.30. The molecule has 5 heteroatoms. The predicted molar refractivity (Wildman–Crippen MR) is 93.2 cm³/mol. The quantitative estimate of drug-likeness (QED) is 0.756. The van der Waals surface area contributed by atoms with E-state index in [0.717, 1.165) is 29.6 Å². The summed E-state index contributed by atoms with van der Waals surface area (Å²) in [6.45, 7) is 2.78. The lowest BCUT2D eigenvalue weighted by Gasteiger charge is -2.40. The number of aliphatic hydroxyl groups is 1. The van der Waals surface area contributed by atoms with Gasteiger partial charge in [0, 0.05) is 37.4 Å². The van der Waals surface area contributed by atoms with E-state index in [1.807, 2.05) is 47.3 Å². The van der Waals surface area contributed by atoms with Gasteiger partial charge in [0.2, 0.25) is 0 Å². The normalized spacial score (nSPS) is 16.9. The van der Waals surface area contributed by atoms with Crippen molar-refractivity contribution in [2.75, 3.05) is 26.2 Å². The summed E-state index contributed by atoms with van der Waals surface area (Å²) in [5.41, 5.74) is 0. The summed E-state index contributed by atoms with van der Waals surface area (Å²) in [5, 5.41) is 16.7. The van der Waals surface area contributed by atoms with Crippen LogP contribution in [0.5, 0.6) is 5.75 Å². The molecule has 24 heavy (non-hydrogen) atoms. The molecular weight excluding hydrogens is 302 g/mol. The fourth-order valence-corrected chi connectivity index (χ4v) is 3.21. The van der Waals surface area contributed by atoms with Gasteiger partial charge < -0.3 is 9.84 Å². The highest BCUT2D eigenvalue weighted by atomic mass is 16.5. The first-order chi connectivity index (χ1) is 11.8. The van der Waals surface area contributed by atoms with Gasteiger partial charge in [-0.1, -0.05) is 36.4 Å². The van der Waals surface area contributed by atoms with Crippen LogP contribution in [0.1, 0.15) is 6.04 Å². The second-order valence-corrected chi connectivity index (χ2v) is 6.30. The fraction of sp³-hybridized carbons (Fsp3) is 0.316. The minimum atomic E-state index is -0.498. The van der Waals surface area contributed by atoms with E-state index in [9.17, 15) is 5.11 Å². The number of nitrogens with zero attached hydrogens (tertiary/aromatic N) is 3. The van der Waals surface area contributed by atoms with Crippen LogP contribution in [-0.4, -0.2) is 52.1 Å². The van der Waals surface area contributed by atoms with Crippen molar-refractivity contribution in [2.24, 2.45) is 0 Å². The van der Waals surface area contributed by atoms with E-state index < -0.39 is 6.10 Å². The van der Waals surface area contributed by atoms with Crippen LogP contribution in [0, 0.1) is 0 Å². The van der Waals surface area contributed by atoms with Crippen molar-refractivity contribution in [3.63, 3.8) is 0 Å². The third-order valence-corrected chi connectivity index (χ3v) is 4.49. The van der Waals surface area contributed by atoms with E-state index >= 15 is 0 Å². The Hall–Kier alpha value is -2.37. The topological polar surface area (TPSA) is 50.5 Å². The van der Waals surface area contributed by atoms with Crippen LogP contribution in [0.2, 0.25) is 0 Å². The summed E-state index contributed by atoms with van der Waals surface area (Å²) in [5.74, 6) is 0.824. The minimum absolute atomic E-state index is 0.303. The Morgan fingerprint density at radius 3 is 2.79 bits per heavy atom. The van der Waals surface area contributed by atoms with Gasteiger partial charge in [-0.05, 0) is 17.5 Å². The van der Waals surface area contributed by atoms with Crippen molar-refractivity contribution in [3.8, 4) is 5.75 Å².